The summed E-state index contributed by atoms with van der Waals surface area (Å²) < 4.78 is 64.1. The standard InChI is InChI=1S/C20H21ClF3N3O3S/c1-14(8-9-15-6-4-3-5-7-15)25-26-19(28)13-27(31(2,29)30)16-10-11-18(21)17(12-16)20(22,23)24/h3-7,10-12H,8-9,13H2,1-2H3,(H,26,28)/b25-14-. The molecule has 0 heterocycles. The molecule has 0 aromatic heterocycles. The van der Waals surface area contributed by atoms with Gasteiger partial charge in [0.15, 0.2) is 0 Å². The van der Waals surface area contributed by atoms with E-state index >= 15 is 0 Å². The zero-order valence-corrected chi connectivity index (χ0v) is 18.4. The Morgan fingerprint density at radius 1 is 1.16 bits per heavy atom. The minimum atomic E-state index is -4.78. The first-order chi connectivity index (χ1) is 14.4. The third-order valence-electron chi connectivity index (χ3n) is 4.22. The van der Waals surface area contributed by atoms with E-state index in [0.717, 1.165) is 24.0 Å². The second-order valence-corrected chi connectivity index (χ2v) is 9.11. The molecule has 0 atom stereocenters. The number of hydrazone groups is 1. The fourth-order valence-corrected chi connectivity index (χ4v) is 3.71. The number of alkyl halides is 3. The molecule has 0 fully saturated rings. The fraction of sp³-hybridized carbons (Fsp3) is 0.300. The van der Waals surface area contributed by atoms with Crippen molar-refractivity contribution in [3.8, 4) is 0 Å². The van der Waals surface area contributed by atoms with Crippen LogP contribution in [0.3, 0.4) is 0 Å². The van der Waals surface area contributed by atoms with E-state index in [0.29, 0.717) is 28.9 Å². The van der Waals surface area contributed by atoms with Crippen LogP contribution < -0.4 is 9.73 Å². The molecule has 31 heavy (non-hydrogen) atoms. The number of carbonyl (C=O) groups excluding carboxylic acids is 1. The van der Waals surface area contributed by atoms with Crippen LogP contribution in [0.1, 0.15) is 24.5 Å². The highest BCUT2D eigenvalue weighted by atomic mass is 35.5. The molecule has 2 rings (SSSR count). The first-order valence-electron chi connectivity index (χ1n) is 9.08. The summed E-state index contributed by atoms with van der Waals surface area (Å²) in [5, 5.41) is 3.36. The molecule has 168 valence electrons. The number of benzene rings is 2. The largest absolute Gasteiger partial charge is 0.417 e. The Hall–Kier alpha value is -2.59. The predicted octanol–water partition coefficient (Wildman–Crippen LogP) is 4.25. The summed E-state index contributed by atoms with van der Waals surface area (Å²) >= 11 is 5.58. The molecule has 0 aliphatic heterocycles. The number of sulfonamides is 1. The van der Waals surface area contributed by atoms with E-state index in [1.165, 1.54) is 0 Å². The van der Waals surface area contributed by atoms with Crippen molar-refractivity contribution in [2.24, 2.45) is 5.10 Å². The molecule has 0 spiro atoms. The number of rotatable bonds is 8. The smallest absolute Gasteiger partial charge is 0.271 e. The van der Waals surface area contributed by atoms with Gasteiger partial charge in [-0.15, -0.1) is 0 Å². The fourth-order valence-electron chi connectivity index (χ4n) is 2.64. The lowest BCUT2D eigenvalue weighted by Gasteiger charge is -2.22. The van der Waals surface area contributed by atoms with Crippen molar-refractivity contribution in [3.05, 3.63) is 64.7 Å². The highest BCUT2D eigenvalue weighted by Crippen LogP contribution is 2.37. The van der Waals surface area contributed by atoms with Gasteiger partial charge in [-0.2, -0.15) is 18.3 Å². The van der Waals surface area contributed by atoms with Crippen LogP contribution >= 0.6 is 11.6 Å². The molecule has 0 unspecified atom stereocenters. The van der Waals surface area contributed by atoms with Crippen molar-refractivity contribution in [2.75, 3.05) is 17.1 Å². The van der Waals surface area contributed by atoms with E-state index < -0.39 is 39.2 Å². The summed E-state index contributed by atoms with van der Waals surface area (Å²) in [6, 6.07) is 12.2. The molecule has 0 saturated heterocycles. The number of nitrogens with zero attached hydrogens (tertiary/aromatic N) is 2. The number of anilines is 1. The topological polar surface area (TPSA) is 78.8 Å². The van der Waals surface area contributed by atoms with Gasteiger partial charge in [-0.1, -0.05) is 41.9 Å². The Morgan fingerprint density at radius 3 is 2.39 bits per heavy atom. The van der Waals surface area contributed by atoms with Gasteiger partial charge >= 0.3 is 6.18 Å². The van der Waals surface area contributed by atoms with Crippen molar-refractivity contribution in [1.29, 1.82) is 0 Å². The number of halogens is 4. The van der Waals surface area contributed by atoms with E-state index in [1.807, 2.05) is 30.3 Å². The summed E-state index contributed by atoms with van der Waals surface area (Å²) in [7, 11) is -4.06. The van der Waals surface area contributed by atoms with Gasteiger partial charge in [0.25, 0.3) is 5.91 Å². The van der Waals surface area contributed by atoms with Crippen LogP contribution in [-0.4, -0.2) is 32.8 Å². The summed E-state index contributed by atoms with van der Waals surface area (Å²) in [5.41, 5.74) is 2.41. The summed E-state index contributed by atoms with van der Waals surface area (Å²) in [4.78, 5) is 12.2. The molecular weight excluding hydrogens is 455 g/mol. The maximum absolute atomic E-state index is 13.1. The lowest BCUT2D eigenvalue weighted by Crippen LogP contribution is -2.39. The normalized spacial score (nSPS) is 12.5. The highest BCUT2D eigenvalue weighted by molar-refractivity contribution is 7.92. The van der Waals surface area contributed by atoms with Crippen LogP contribution in [-0.2, 0) is 27.4 Å². The summed E-state index contributed by atoms with van der Waals surface area (Å²) in [6.45, 7) is 0.958. The highest BCUT2D eigenvalue weighted by Gasteiger charge is 2.34. The maximum atomic E-state index is 13.1. The lowest BCUT2D eigenvalue weighted by atomic mass is 10.1. The number of aryl methyl sites for hydroxylation is 1. The van der Waals surface area contributed by atoms with Crippen molar-refractivity contribution in [1.82, 2.24) is 5.43 Å². The van der Waals surface area contributed by atoms with Crippen LogP contribution in [0.2, 0.25) is 5.02 Å². The van der Waals surface area contributed by atoms with Crippen molar-refractivity contribution >= 4 is 38.9 Å². The molecule has 1 N–H and O–H groups in total. The van der Waals surface area contributed by atoms with Crippen molar-refractivity contribution < 1.29 is 26.4 Å². The minimum absolute atomic E-state index is 0.334. The lowest BCUT2D eigenvalue weighted by molar-refractivity contribution is -0.137. The van der Waals surface area contributed by atoms with Crippen LogP contribution in [0.15, 0.2) is 53.6 Å². The van der Waals surface area contributed by atoms with Gasteiger partial charge in [0.2, 0.25) is 10.0 Å². The van der Waals surface area contributed by atoms with Gasteiger partial charge in [0.05, 0.1) is 22.5 Å². The molecule has 0 radical (unpaired) electrons. The minimum Gasteiger partial charge on any atom is -0.271 e. The first-order valence-corrected chi connectivity index (χ1v) is 11.3. The predicted molar refractivity (Wildman–Crippen MR) is 115 cm³/mol. The average molecular weight is 476 g/mol. The van der Waals surface area contributed by atoms with Gasteiger partial charge in [-0.3, -0.25) is 9.10 Å². The number of hydrogen-bond acceptors (Lipinski definition) is 4. The SMILES string of the molecule is C/C(CCc1ccccc1)=N/NC(=O)CN(c1ccc(Cl)c(C(F)(F)F)c1)S(C)(=O)=O. The molecule has 2 aromatic carbocycles. The van der Waals surface area contributed by atoms with E-state index in [9.17, 15) is 26.4 Å². The van der Waals surface area contributed by atoms with Crippen LogP contribution in [0, 0.1) is 0 Å². The van der Waals surface area contributed by atoms with E-state index in [-0.39, 0.29) is 5.69 Å². The third kappa shape index (κ3) is 7.55. The molecule has 0 saturated carbocycles. The molecule has 6 nitrogen and oxygen atoms in total. The van der Waals surface area contributed by atoms with Gasteiger partial charge < -0.3 is 0 Å². The Morgan fingerprint density at radius 2 is 1.81 bits per heavy atom. The van der Waals surface area contributed by atoms with Gasteiger partial charge in [-0.05, 0) is 43.5 Å². The molecule has 0 aliphatic carbocycles. The van der Waals surface area contributed by atoms with Crippen molar-refractivity contribution in [2.45, 2.75) is 25.9 Å². The van der Waals surface area contributed by atoms with Gasteiger partial charge in [0, 0.05) is 5.71 Å². The molecular formula is C20H21ClF3N3O3S. The molecule has 1 amide bonds. The quantitative estimate of drug-likeness (QED) is 0.458. The van der Waals surface area contributed by atoms with Crippen molar-refractivity contribution in [3.63, 3.8) is 0 Å². The Balaban J connectivity index is 2.10. The summed E-state index contributed by atoms with van der Waals surface area (Å²) in [6.07, 6.45) is -2.73. The third-order valence-corrected chi connectivity index (χ3v) is 5.69. The number of amides is 1. The summed E-state index contributed by atoms with van der Waals surface area (Å²) in [5.74, 6) is -0.798. The average Bonchev–Trinajstić information content (AvgIpc) is 2.68. The van der Waals surface area contributed by atoms with Gasteiger partial charge in [-0.25, -0.2) is 13.8 Å². The van der Waals surface area contributed by atoms with E-state index in [4.69, 9.17) is 11.6 Å². The van der Waals surface area contributed by atoms with Gasteiger partial charge in [0.1, 0.15) is 6.54 Å². The van der Waals surface area contributed by atoms with Crippen LogP contribution in [0.25, 0.3) is 0 Å². The second-order valence-electron chi connectivity index (χ2n) is 6.80. The number of carbonyl (C=O) groups is 1. The monoisotopic (exact) mass is 475 g/mol. The van der Waals surface area contributed by atoms with Crippen LogP contribution in [0.5, 0.6) is 0 Å². The Bertz CT molecular complexity index is 1060. The Labute approximate surface area is 183 Å². The Kier molecular flexibility index (Phi) is 8.08. The van der Waals surface area contributed by atoms with E-state index in [1.54, 1.807) is 6.92 Å². The first kappa shape index (κ1) is 24.7. The zero-order valence-electron chi connectivity index (χ0n) is 16.8. The van der Waals surface area contributed by atoms with E-state index in [2.05, 4.69) is 10.5 Å². The molecule has 0 bridgehead atoms. The number of nitrogens with one attached hydrogen (secondary N) is 1. The zero-order chi connectivity index (χ0) is 23.2. The molecule has 11 heteroatoms. The second kappa shape index (κ2) is 10.1. The number of hydrogen-bond donors (Lipinski definition) is 1. The molecule has 0 aliphatic rings. The van der Waals surface area contributed by atoms with Crippen LogP contribution in [0.4, 0.5) is 18.9 Å². The maximum Gasteiger partial charge on any atom is 0.417 e. The molecule has 2 aromatic rings.